The van der Waals surface area contributed by atoms with Crippen LogP contribution < -0.4 is 4.90 Å². The number of halogens is 1. The van der Waals surface area contributed by atoms with Crippen molar-refractivity contribution in [3.63, 3.8) is 0 Å². The first-order valence-electron chi connectivity index (χ1n) is 9.04. The summed E-state index contributed by atoms with van der Waals surface area (Å²) in [5.74, 6) is -0.113. The number of piperazine rings is 1. The molecule has 4 rings (SSSR count). The molecule has 1 aliphatic heterocycles. The number of carbonyl (C=O) groups is 2. The Hall–Kier alpha value is -2.14. The fourth-order valence-electron chi connectivity index (χ4n) is 3.92. The molecule has 2 amide bonds. The van der Waals surface area contributed by atoms with Crippen LogP contribution in [0.25, 0.3) is 0 Å². The summed E-state index contributed by atoms with van der Waals surface area (Å²) in [6.45, 7) is 2.88. The van der Waals surface area contributed by atoms with Crippen LogP contribution in [0.4, 0.5) is 5.69 Å². The second-order valence-corrected chi connectivity index (χ2v) is 7.90. The van der Waals surface area contributed by atoms with Gasteiger partial charge in [0.2, 0.25) is 5.91 Å². The molecule has 26 heavy (non-hydrogen) atoms. The van der Waals surface area contributed by atoms with Crippen LogP contribution in [0, 0.1) is 0 Å². The summed E-state index contributed by atoms with van der Waals surface area (Å²) in [5, 5.41) is 0. The topological polar surface area (TPSA) is 40.6 Å². The molecular formula is C21H21BrN2O2. The molecule has 2 aliphatic rings. The maximum atomic E-state index is 13.0. The number of aryl methyl sites for hydroxylation is 2. The molecule has 0 aromatic heterocycles. The summed E-state index contributed by atoms with van der Waals surface area (Å²) in [4.78, 5) is 29.3. The van der Waals surface area contributed by atoms with Gasteiger partial charge in [-0.2, -0.15) is 0 Å². The molecule has 1 atom stereocenters. The van der Waals surface area contributed by atoms with Crippen LogP contribution in [0.3, 0.4) is 0 Å². The Bertz CT molecular complexity index is 880. The zero-order valence-corrected chi connectivity index (χ0v) is 16.3. The summed E-state index contributed by atoms with van der Waals surface area (Å²) in [6.07, 6.45) is 3.42. The highest BCUT2D eigenvalue weighted by atomic mass is 79.9. The van der Waals surface area contributed by atoms with Gasteiger partial charge in [0.05, 0.1) is 0 Å². The summed E-state index contributed by atoms with van der Waals surface area (Å²) >= 11 is 3.40. The van der Waals surface area contributed by atoms with Gasteiger partial charge in [-0.3, -0.25) is 9.59 Å². The van der Waals surface area contributed by atoms with E-state index < -0.39 is 6.04 Å². The summed E-state index contributed by atoms with van der Waals surface area (Å²) in [5.41, 5.74) is 4.32. The minimum absolute atomic E-state index is 0.0162. The number of fused-ring (bicyclic) bond motifs is 1. The van der Waals surface area contributed by atoms with E-state index in [2.05, 4.69) is 28.1 Å². The first kappa shape index (κ1) is 17.3. The molecule has 1 fully saturated rings. The second-order valence-electron chi connectivity index (χ2n) is 6.98. The number of anilines is 1. The van der Waals surface area contributed by atoms with Crippen LogP contribution in [-0.2, 0) is 17.6 Å². The third kappa shape index (κ3) is 3.05. The Morgan fingerprint density at radius 3 is 2.69 bits per heavy atom. The van der Waals surface area contributed by atoms with Gasteiger partial charge < -0.3 is 9.80 Å². The zero-order chi connectivity index (χ0) is 18.3. The molecule has 2 aromatic rings. The highest BCUT2D eigenvalue weighted by Crippen LogP contribution is 2.29. The summed E-state index contributed by atoms with van der Waals surface area (Å²) < 4.78 is 0.860. The molecule has 0 saturated carbocycles. The Morgan fingerprint density at radius 1 is 1.08 bits per heavy atom. The number of amides is 2. The maximum absolute atomic E-state index is 13.0. The van der Waals surface area contributed by atoms with Gasteiger partial charge in [-0.25, -0.2) is 0 Å². The Kier molecular flexibility index (Phi) is 4.57. The highest BCUT2D eigenvalue weighted by Gasteiger charge is 2.35. The molecule has 1 unspecified atom stereocenters. The van der Waals surface area contributed by atoms with Crippen molar-refractivity contribution in [1.29, 1.82) is 0 Å². The standard InChI is InChI=1S/C21H21BrN2O2/c1-14-20(25)24(19-9-8-15-4-2-5-16(15)13-19)11-10-23(14)21(26)17-6-3-7-18(22)12-17/h3,6-9,12-14H,2,4-5,10-11H2,1H3. The smallest absolute Gasteiger partial charge is 0.254 e. The van der Waals surface area contributed by atoms with E-state index >= 15 is 0 Å². The predicted molar refractivity (Wildman–Crippen MR) is 105 cm³/mol. The average molecular weight is 413 g/mol. The third-order valence-electron chi connectivity index (χ3n) is 5.38. The molecule has 4 nitrogen and oxygen atoms in total. The van der Waals surface area contributed by atoms with Gasteiger partial charge in [-0.1, -0.05) is 28.1 Å². The van der Waals surface area contributed by atoms with E-state index in [1.54, 1.807) is 17.0 Å². The molecule has 1 aliphatic carbocycles. The number of hydrogen-bond acceptors (Lipinski definition) is 2. The van der Waals surface area contributed by atoms with Crippen LogP contribution >= 0.6 is 15.9 Å². The monoisotopic (exact) mass is 412 g/mol. The number of carbonyl (C=O) groups excluding carboxylic acids is 2. The van der Waals surface area contributed by atoms with E-state index in [-0.39, 0.29) is 11.8 Å². The van der Waals surface area contributed by atoms with E-state index in [0.29, 0.717) is 18.7 Å². The van der Waals surface area contributed by atoms with Crippen LogP contribution in [-0.4, -0.2) is 35.8 Å². The van der Waals surface area contributed by atoms with E-state index in [9.17, 15) is 9.59 Å². The van der Waals surface area contributed by atoms with Crippen molar-refractivity contribution < 1.29 is 9.59 Å². The van der Waals surface area contributed by atoms with Crippen LogP contribution in [0.5, 0.6) is 0 Å². The normalized spacial score (nSPS) is 19.6. The van der Waals surface area contributed by atoms with Crippen molar-refractivity contribution in [2.24, 2.45) is 0 Å². The molecule has 0 radical (unpaired) electrons. The van der Waals surface area contributed by atoms with Gasteiger partial charge in [0.15, 0.2) is 0 Å². The van der Waals surface area contributed by atoms with Crippen molar-refractivity contribution in [2.45, 2.75) is 32.2 Å². The number of benzene rings is 2. The van der Waals surface area contributed by atoms with Crippen LogP contribution in [0.1, 0.15) is 34.8 Å². The minimum atomic E-state index is -0.469. The molecular weight excluding hydrogens is 392 g/mol. The van der Waals surface area contributed by atoms with Crippen molar-refractivity contribution >= 4 is 33.4 Å². The molecule has 2 aromatic carbocycles. The predicted octanol–water partition coefficient (Wildman–Crippen LogP) is 3.82. The number of rotatable bonds is 2. The van der Waals surface area contributed by atoms with E-state index in [1.165, 1.54) is 17.5 Å². The third-order valence-corrected chi connectivity index (χ3v) is 5.87. The number of hydrogen-bond donors (Lipinski definition) is 0. The first-order chi connectivity index (χ1) is 12.5. The van der Waals surface area contributed by atoms with Gasteiger partial charge >= 0.3 is 0 Å². The lowest BCUT2D eigenvalue weighted by molar-refractivity contribution is -0.124. The van der Waals surface area contributed by atoms with Crippen molar-refractivity contribution in [3.05, 3.63) is 63.6 Å². The zero-order valence-electron chi connectivity index (χ0n) is 14.7. The molecule has 1 saturated heterocycles. The quantitative estimate of drug-likeness (QED) is 0.751. The van der Waals surface area contributed by atoms with E-state index in [0.717, 1.165) is 23.0 Å². The Balaban J connectivity index is 1.54. The lowest BCUT2D eigenvalue weighted by Gasteiger charge is -2.39. The van der Waals surface area contributed by atoms with Crippen LogP contribution in [0.15, 0.2) is 46.9 Å². The number of nitrogens with zero attached hydrogens (tertiary/aromatic N) is 2. The fraction of sp³-hybridized carbons (Fsp3) is 0.333. The van der Waals surface area contributed by atoms with E-state index in [4.69, 9.17) is 0 Å². The van der Waals surface area contributed by atoms with Crippen LogP contribution in [0.2, 0.25) is 0 Å². The summed E-state index contributed by atoms with van der Waals surface area (Å²) in [7, 11) is 0. The average Bonchev–Trinajstić information content (AvgIpc) is 3.11. The first-order valence-corrected chi connectivity index (χ1v) is 9.83. The van der Waals surface area contributed by atoms with E-state index in [1.807, 2.05) is 30.0 Å². The summed E-state index contributed by atoms with van der Waals surface area (Å²) in [6, 6.07) is 13.2. The van der Waals surface area contributed by atoms with Gasteiger partial charge in [0.25, 0.3) is 5.91 Å². The molecule has 5 heteroatoms. The lowest BCUT2D eigenvalue weighted by Crippen LogP contribution is -2.57. The minimum Gasteiger partial charge on any atom is -0.325 e. The second kappa shape index (κ2) is 6.88. The Labute approximate surface area is 161 Å². The van der Waals surface area contributed by atoms with Gasteiger partial charge in [0, 0.05) is 28.8 Å². The maximum Gasteiger partial charge on any atom is 0.254 e. The molecule has 0 N–H and O–H groups in total. The van der Waals surface area contributed by atoms with Gasteiger partial charge in [-0.15, -0.1) is 0 Å². The SMILES string of the molecule is CC1C(=O)N(c2ccc3c(c2)CCC3)CCN1C(=O)c1cccc(Br)c1. The lowest BCUT2D eigenvalue weighted by atomic mass is 10.1. The fourth-order valence-corrected chi connectivity index (χ4v) is 4.32. The largest absolute Gasteiger partial charge is 0.325 e. The van der Waals surface area contributed by atoms with Gasteiger partial charge in [0.1, 0.15) is 6.04 Å². The van der Waals surface area contributed by atoms with Crippen molar-refractivity contribution in [1.82, 2.24) is 4.90 Å². The molecule has 0 bridgehead atoms. The van der Waals surface area contributed by atoms with Crippen molar-refractivity contribution in [2.75, 3.05) is 18.0 Å². The highest BCUT2D eigenvalue weighted by molar-refractivity contribution is 9.10. The molecule has 134 valence electrons. The Morgan fingerprint density at radius 2 is 1.88 bits per heavy atom. The van der Waals surface area contributed by atoms with Crippen molar-refractivity contribution in [3.8, 4) is 0 Å². The van der Waals surface area contributed by atoms with Gasteiger partial charge in [-0.05, 0) is 67.6 Å². The molecule has 1 heterocycles. The molecule has 0 spiro atoms.